The molecule has 0 spiro atoms. The summed E-state index contributed by atoms with van der Waals surface area (Å²) in [7, 11) is 3.09. The first-order chi connectivity index (χ1) is 10.5. The number of hydrogen-bond acceptors (Lipinski definition) is 6. The lowest BCUT2D eigenvalue weighted by atomic mass is 10.4. The van der Waals surface area contributed by atoms with E-state index in [1.165, 1.54) is 0 Å². The molecule has 6 nitrogen and oxygen atoms in total. The van der Waals surface area contributed by atoms with Crippen molar-refractivity contribution in [2.75, 3.05) is 55.2 Å². The van der Waals surface area contributed by atoms with E-state index in [9.17, 15) is 0 Å². The van der Waals surface area contributed by atoms with E-state index in [2.05, 4.69) is 25.7 Å². The van der Waals surface area contributed by atoms with Gasteiger partial charge in [-0.05, 0) is 32.1 Å². The molecule has 0 N–H and O–H groups in total. The highest BCUT2D eigenvalue weighted by Gasteiger charge is 2.58. The molecule has 0 saturated carbocycles. The summed E-state index contributed by atoms with van der Waals surface area (Å²) in [6.45, 7) is 9.60. The second kappa shape index (κ2) is 10.9. The van der Waals surface area contributed by atoms with E-state index in [1.807, 2.05) is 0 Å². The fourth-order valence-electron chi connectivity index (χ4n) is 3.00. The first-order valence-corrected chi connectivity index (χ1v) is 11.8. The van der Waals surface area contributed by atoms with E-state index in [-0.39, 0.29) is 5.16 Å². The van der Waals surface area contributed by atoms with Gasteiger partial charge in [0, 0.05) is 35.5 Å². The van der Waals surface area contributed by atoms with Gasteiger partial charge >= 0.3 is 17.4 Å². The third-order valence-electron chi connectivity index (χ3n) is 4.63. The van der Waals surface area contributed by atoms with Gasteiger partial charge < -0.3 is 27.0 Å². The predicted octanol–water partition coefficient (Wildman–Crippen LogP) is 2.26. The third kappa shape index (κ3) is 5.10. The zero-order valence-corrected chi connectivity index (χ0v) is 17.6. The third-order valence-corrected chi connectivity index (χ3v) is 13.5. The fraction of sp³-hybridized carbons (Fsp3) is 1.00. The summed E-state index contributed by atoms with van der Waals surface area (Å²) >= 11 is 0. The van der Waals surface area contributed by atoms with Crippen molar-refractivity contribution < 1.29 is 22.1 Å². The van der Waals surface area contributed by atoms with E-state index in [0.717, 1.165) is 32.1 Å². The number of hydrogen-bond donors (Lipinski definition) is 0. The van der Waals surface area contributed by atoms with Crippen LogP contribution in [-0.4, -0.2) is 77.4 Å². The average Bonchev–Trinajstić information content (AvgIpc) is 2.57. The summed E-state index contributed by atoms with van der Waals surface area (Å²) in [6.07, 6.45) is 1.03. The minimum absolute atomic E-state index is 0.00768. The minimum Gasteiger partial charge on any atom is -0.397 e. The largest absolute Gasteiger partial charge is 0.505 e. The molecule has 0 fully saturated rings. The maximum atomic E-state index is 5.90. The molecule has 0 saturated heterocycles. The van der Waals surface area contributed by atoms with Crippen molar-refractivity contribution in [3.8, 4) is 0 Å². The van der Waals surface area contributed by atoms with Crippen LogP contribution >= 0.6 is 0 Å². The van der Waals surface area contributed by atoms with Crippen molar-refractivity contribution in [1.82, 2.24) is 4.90 Å². The molecule has 0 aromatic rings. The lowest BCUT2D eigenvalue weighted by Crippen LogP contribution is -2.60. The molecule has 8 heteroatoms. The number of rotatable bonds is 13. The zero-order valence-electron chi connectivity index (χ0n) is 15.6. The first kappa shape index (κ1) is 22.2. The minimum atomic E-state index is -2.79. The second-order valence-electron chi connectivity index (χ2n) is 5.29. The van der Waals surface area contributed by atoms with Crippen molar-refractivity contribution >= 4 is 17.4 Å². The summed E-state index contributed by atoms with van der Waals surface area (Å²) in [5.41, 5.74) is 0. The van der Waals surface area contributed by atoms with Gasteiger partial charge in [-0.2, -0.15) is 0 Å². The first-order valence-electron chi connectivity index (χ1n) is 7.93. The van der Waals surface area contributed by atoms with Gasteiger partial charge in [0.2, 0.25) is 0 Å². The van der Waals surface area contributed by atoms with Crippen LogP contribution < -0.4 is 0 Å². The Labute approximate surface area is 138 Å². The van der Waals surface area contributed by atoms with Gasteiger partial charge in [0.05, 0.1) is 5.16 Å². The molecular formula is C14H35NO5Si2. The van der Waals surface area contributed by atoms with E-state index < -0.39 is 17.4 Å². The van der Waals surface area contributed by atoms with Crippen molar-refractivity contribution in [1.29, 1.82) is 0 Å². The van der Waals surface area contributed by atoms with Crippen LogP contribution in [0, 0.1) is 0 Å². The van der Waals surface area contributed by atoms with Crippen LogP contribution in [0.25, 0.3) is 0 Å². The summed E-state index contributed by atoms with van der Waals surface area (Å²) in [5.74, 6) is 0. The maximum absolute atomic E-state index is 5.90. The Kier molecular flexibility index (Phi) is 11.0. The van der Waals surface area contributed by atoms with E-state index >= 15 is 0 Å². The Morgan fingerprint density at radius 3 is 1.59 bits per heavy atom. The highest BCUT2D eigenvalue weighted by molar-refractivity contribution is 6.85. The monoisotopic (exact) mass is 353 g/mol. The molecule has 0 aliphatic heterocycles. The van der Waals surface area contributed by atoms with E-state index in [1.54, 1.807) is 35.5 Å². The van der Waals surface area contributed by atoms with Crippen LogP contribution in [0.5, 0.6) is 0 Å². The highest BCUT2D eigenvalue weighted by Crippen LogP contribution is 2.37. The molecule has 0 amide bonds. The van der Waals surface area contributed by atoms with Crippen molar-refractivity contribution in [2.24, 2.45) is 0 Å². The van der Waals surface area contributed by atoms with Gasteiger partial charge in [0.25, 0.3) is 0 Å². The Balaban J connectivity index is 5.07. The quantitative estimate of drug-likeness (QED) is 0.473. The fourth-order valence-corrected chi connectivity index (χ4v) is 11.3. The van der Waals surface area contributed by atoms with Crippen LogP contribution in [0.3, 0.4) is 0 Å². The molecular weight excluding hydrogens is 318 g/mol. The van der Waals surface area contributed by atoms with Gasteiger partial charge in [-0.1, -0.05) is 20.8 Å². The van der Waals surface area contributed by atoms with Crippen molar-refractivity contribution in [2.45, 2.75) is 38.4 Å². The van der Waals surface area contributed by atoms with Gasteiger partial charge in [0.15, 0.2) is 0 Å². The normalized spacial score (nSPS) is 14.6. The van der Waals surface area contributed by atoms with Crippen molar-refractivity contribution in [3.05, 3.63) is 0 Å². The molecule has 1 unspecified atom stereocenters. The Morgan fingerprint density at radius 2 is 1.27 bits per heavy atom. The predicted molar refractivity (Wildman–Crippen MR) is 93.2 cm³/mol. The van der Waals surface area contributed by atoms with Crippen LogP contribution in [0.1, 0.15) is 27.2 Å². The Hall–Kier alpha value is 0.194. The lowest BCUT2D eigenvalue weighted by Gasteiger charge is -2.40. The molecule has 0 aromatic heterocycles. The summed E-state index contributed by atoms with van der Waals surface area (Å²) in [5, 5.41) is -0.00768. The lowest BCUT2D eigenvalue weighted by molar-refractivity contribution is 0.111. The van der Waals surface area contributed by atoms with Gasteiger partial charge in [-0.15, -0.1) is 0 Å². The highest BCUT2D eigenvalue weighted by atomic mass is 28.4. The van der Waals surface area contributed by atoms with Gasteiger partial charge in [-0.25, -0.2) is 0 Å². The zero-order chi connectivity index (χ0) is 17.2. The Morgan fingerprint density at radius 1 is 0.818 bits per heavy atom. The van der Waals surface area contributed by atoms with E-state index in [4.69, 9.17) is 22.1 Å². The average molecular weight is 354 g/mol. The van der Waals surface area contributed by atoms with Crippen LogP contribution in [0.2, 0.25) is 11.2 Å². The molecule has 22 heavy (non-hydrogen) atoms. The Bertz CT molecular complexity index is 276. The van der Waals surface area contributed by atoms with E-state index in [0.29, 0.717) is 0 Å². The molecule has 1 atom stereocenters. The van der Waals surface area contributed by atoms with Crippen LogP contribution in [0.4, 0.5) is 0 Å². The smallest absolute Gasteiger partial charge is 0.397 e. The summed E-state index contributed by atoms with van der Waals surface area (Å²) in [4.78, 5) is 2.41. The molecule has 0 aromatic carbocycles. The summed E-state index contributed by atoms with van der Waals surface area (Å²) < 4.78 is 28.7. The molecule has 0 aliphatic carbocycles. The second-order valence-corrected chi connectivity index (χ2v) is 13.0. The molecule has 0 aliphatic rings. The van der Waals surface area contributed by atoms with Gasteiger partial charge in [-0.3, -0.25) is 0 Å². The molecule has 134 valence electrons. The van der Waals surface area contributed by atoms with Gasteiger partial charge in [0.1, 0.15) is 0 Å². The van der Waals surface area contributed by atoms with Crippen LogP contribution in [0.15, 0.2) is 0 Å². The molecule has 0 bridgehead atoms. The van der Waals surface area contributed by atoms with Crippen molar-refractivity contribution in [3.63, 3.8) is 0 Å². The standard InChI is InChI=1S/C14H35NO5Si2/c1-9-15(10-2)12-11-13-21(16-4,17-5)14(3)22(18-6,19-7)20-8/h14H,9-13H2,1-8H3. The maximum Gasteiger partial charge on any atom is 0.505 e. The summed E-state index contributed by atoms with van der Waals surface area (Å²) in [6, 6.07) is 0.891. The molecule has 0 heterocycles. The van der Waals surface area contributed by atoms with Crippen LogP contribution in [-0.2, 0) is 22.1 Å². The topological polar surface area (TPSA) is 49.4 Å². The number of nitrogens with zero attached hydrogens (tertiary/aromatic N) is 1. The molecule has 0 rings (SSSR count). The molecule has 0 radical (unpaired) electrons. The SMILES string of the molecule is CCN(CC)CCC[Si](OC)(OC)C(C)[Si](OC)(OC)OC.